The minimum atomic E-state index is -1.06. The number of nitrogens with zero attached hydrogens (tertiary/aromatic N) is 1. The highest BCUT2D eigenvalue weighted by atomic mass is 32.2. The van der Waals surface area contributed by atoms with Crippen molar-refractivity contribution in [3.05, 3.63) is 28.6 Å². The van der Waals surface area contributed by atoms with Gasteiger partial charge in [0.15, 0.2) is 0 Å². The Labute approximate surface area is 132 Å². The number of thiocarbonyl (C=S) groups is 1. The fourth-order valence-electron chi connectivity index (χ4n) is 2.07. The summed E-state index contributed by atoms with van der Waals surface area (Å²) in [5.74, 6) is -0.404. The Morgan fingerprint density at radius 2 is 2.14 bits per heavy atom. The van der Waals surface area contributed by atoms with Crippen LogP contribution in [0.15, 0.2) is 21.5 Å². The molecule has 1 amide bonds. The van der Waals surface area contributed by atoms with Crippen LogP contribution < -0.4 is 0 Å². The number of carbonyl (C=O) groups excluding carboxylic acids is 1. The lowest BCUT2D eigenvalue weighted by Crippen LogP contribution is -2.47. The van der Waals surface area contributed by atoms with E-state index in [1.807, 2.05) is 6.92 Å². The lowest BCUT2D eigenvalue weighted by Gasteiger charge is -2.26. The Kier molecular flexibility index (Phi) is 4.53. The normalized spacial score (nSPS) is 18.9. The predicted octanol–water partition coefficient (Wildman–Crippen LogP) is 2.90. The van der Waals surface area contributed by atoms with Gasteiger partial charge in [-0.1, -0.05) is 37.8 Å². The summed E-state index contributed by atoms with van der Waals surface area (Å²) in [5, 5.41) is 9.32. The highest BCUT2D eigenvalue weighted by molar-refractivity contribution is 8.26. The van der Waals surface area contributed by atoms with Crippen LogP contribution in [-0.2, 0) is 9.59 Å². The van der Waals surface area contributed by atoms with Gasteiger partial charge in [0.1, 0.15) is 21.9 Å². The molecule has 1 unspecified atom stereocenters. The van der Waals surface area contributed by atoms with Crippen LogP contribution in [0, 0.1) is 12.8 Å². The topological polar surface area (TPSA) is 70.8 Å². The first-order chi connectivity index (χ1) is 9.81. The maximum Gasteiger partial charge on any atom is 0.327 e. The van der Waals surface area contributed by atoms with Gasteiger partial charge >= 0.3 is 5.97 Å². The number of furan rings is 1. The summed E-state index contributed by atoms with van der Waals surface area (Å²) in [5.41, 5.74) is 0. The van der Waals surface area contributed by atoms with Gasteiger partial charge in [-0.2, -0.15) is 0 Å². The van der Waals surface area contributed by atoms with Crippen molar-refractivity contribution in [3.8, 4) is 0 Å². The van der Waals surface area contributed by atoms with Gasteiger partial charge in [0, 0.05) is 6.08 Å². The fourth-order valence-corrected chi connectivity index (χ4v) is 3.38. The van der Waals surface area contributed by atoms with Crippen molar-refractivity contribution in [1.29, 1.82) is 0 Å². The van der Waals surface area contributed by atoms with Crippen molar-refractivity contribution < 1.29 is 19.1 Å². The number of amides is 1. The molecule has 1 saturated heterocycles. The SMILES string of the molecule is Cc1ccc(C=C2SC(=S)N(C(C(=O)O)C(C)C)C2=O)o1. The number of carbonyl (C=O) groups is 2. The van der Waals surface area contributed by atoms with Gasteiger partial charge in [0.25, 0.3) is 5.91 Å². The van der Waals surface area contributed by atoms with Crippen molar-refractivity contribution in [2.45, 2.75) is 26.8 Å². The number of aryl methyl sites for hydroxylation is 1. The highest BCUT2D eigenvalue weighted by Gasteiger charge is 2.41. The van der Waals surface area contributed by atoms with E-state index in [0.29, 0.717) is 10.7 Å². The number of rotatable bonds is 4. The quantitative estimate of drug-likeness (QED) is 0.678. The van der Waals surface area contributed by atoms with Crippen molar-refractivity contribution >= 4 is 46.3 Å². The molecule has 0 saturated carbocycles. The van der Waals surface area contributed by atoms with Crippen LogP contribution in [0.3, 0.4) is 0 Å². The van der Waals surface area contributed by atoms with Gasteiger partial charge in [0.05, 0.1) is 4.91 Å². The zero-order valence-electron chi connectivity index (χ0n) is 11.8. The molecular weight excluding hydrogens is 310 g/mol. The molecule has 1 N–H and O–H groups in total. The second kappa shape index (κ2) is 6.03. The molecule has 112 valence electrons. The first-order valence-corrected chi connectivity index (χ1v) is 7.60. The van der Waals surface area contributed by atoms with Crippen LogP contribution in [0.1, 0.15) is 25.4 Å². The Balaban J connectivity index is 2.32. The van der Waals surface area contributed by atoms with Crippen LogP contribution in [0.2, 0.25) is 0 Å². The van der Waals surface area contributed by atoms with Crippen molar-refractivity contribution in [1.82, 2.24) is 4.90 Å². The summed E-state index contributed by atoms with van der Waals surface area (Å²) >= 11 is 6.26. The predicted molar refractivity (Wildman–Crippen MR) is 84.7 cm³/mol. The summed E-state index contributed by atoms with van der Waals surface area (Å²) in [4.78, 5) is 25.4. The van der Waals surface area contributed by atoms with Crippen LogP contribution >= 0.6 is 24.0 Å². The van der Waals surface area contributed by atoms with Gasteiger partial charge in [-0.15, -0.1) is 0 Å². The minimum absolute atomic E-state index is 0.241. The Bertz CT molecular complexity index is 633. The van der Waals surface area contributed by atoms with E-state index in [2.05, 4.69) is 0 Å². The maximum absolute atomic E-state index is 12.4. The van der Waals surface area contributed by atoms with Gasteiger partial charge in [-0.05, 0) is 25.0 Å². The van der Waals surface area contributed by atoms with E-state index in [9.17, 15) is 14.7 Å². The molecule has 21 heavy (non-hydrogen) atoms. The average Bonchev–Trinajstić information content (AvgIpc) is 2.88. The molecule has 1 atom stereocenters. The molecule has 0 bridgehead atoms. The second-order valence-corrected chi connectivity index (χ2v) is 6.70. The molecule has 1 fully saturated rings. The van der Waals surface area contributed by atoms with Crippen LogP contribution in [0.5, 0.6) is 0 Å². The number of carboxylic acids is 1. The smallest absolute Gasteiger partial charge is 0.327 e. The molecule has 2 heterocycles. The first kappa shape index (κ1) is 15.8. The largest absolute Gasteiger partial charge is 0.480 e. The van der Waals surface area contributed by atoms with Crippen molar-refractivity contribution in [3.63, 3.8) is 0 Å². The van der Waals surface area contributed by atoms with E-state index < -0.39 is 12.0 Å². The van der Waals surface area contributed by atoms with Crippen LogP contribution in [0.25, 0.3) is 6.08 Å². The Morgan fingerprint density at radius 3 is 2.62 bits per heavy atom. The molecule has 1 aromatic rings. The summed E-state index contributed by atoms with van der Waals surface area (Å²) in [6, 6.07) is 2.58. The van der Waals surface area contributed by atoms with Gasteiger partial charge < -0.3 is 9.52 Å². The number of hydrogen-bond acceptors (Lipinski definition) is 5. The number of thioether (sulfide) groups is 1. The van der Waals surface area contributed by atoms with Gasteiger partial charge in [-0.3, -0.25) is 9.69 Å². The van der Waals surface area contributed by atoms with E-state index in [0.717, 1.165) is 17.5 Å². The number of carboxylic acid groups (broad SMARTS) is 1. The van der Waals surface area contributed by atoms with Crippen molar-refractivity contribution in [2.75, 3.05) is 0 Å². The van der Waals surface area contributed by atoms with Crippen molar-refractivity contribution in [2.24, 2.45) is 5.92 Å². The number of hydrogen-bond donors (Lipinski definition) is 1. The van der Waals surface area contributed by atoms with Gasteiger partial charge in [-0.25, -0.2) is 4.79 Å². The number of aliphatic carboxylic acids is 1. The molecule has 0 spiro atoms. The summed E-state index contributed by atoms with van der Waals surface area (Å²) in [6.07, 6.45) is 1.59. The second-order valence-electron chi connectivity index (χ2n) is 5.03. The Morgan fingerprint density at radius 1 is 1.48 bits per heavy atom. The molecular formula is C14H15NO4S2. The zero-order chi connectivity index (χ0) is 15.7. The first-order valence-electron chi connectivity index (χ1n) is 6.37. The lowest BCUT2D eigenvalue weighted by molar-refractivity contribution is -0.146. The zero-order valence-corrected chi connectivity index (χ0v) is 13.5. The highest BCUT2D eigenvalue weighted by Crippen LogP contribution is 2.35. The standard InChI is InChI=1S/C14H15NO4S2/c1-7(2)11(13(17)18)15-12(16)10(21-14(15)20)6-9-5-4-8(3)19-9/h4-7,11H,1-3H3,(H,17,18). The van der Waals surface area contributed by atoms with Crippen LogP contribution in [0.4, 0.5) is 0 Å². The Hall–Kier alpha value is -1.60. The van der Waals surface area contributed by atoms with Gasteiger partial charge in [0.2, 0.25) is 0 Å². The third kappa shape index (κ3) is 3.19. The molecule has 0 aromatic carbocycles. The molecule has 1 aliphatic heterocycles. The summed E-state index contributed by atoms with van der Waals surface area (Å²) < 4.78 is 5.66. The van der Waals surface area contributed by atoms with E-state index in [4.69, 9.17) is 16.6 Å². The molecule has 1 aromatic heterocycles. The molecule has 2 rings (SSSR count). The summed E-state index contributed by atoms with van der Waals surface area (Å²) in [7, 11) is 0. The third-order valence-electron chi connectivity index (χ3n) is 3.02. The third-order valence-corrected chi connectivity index (χ3v) is 4.35. The summed E-state index contributed by atoms with van der Waals surface area (Å²) in [6.45, 7) is 5.30. The minimum Gasteiger partial charge on any atom is -0.480 e. The van der Waals surface area contributed by atoms with E-state index >= 15 is 0 Å². The monoisotopic (exact) mass is 325 g/mol. The molecule has 7 heteroatoms. The lowest BCUT2D eigenvalue weighted by atomic mass is 10.0. The van der Waals surface area contributed by atoms with Crippen LogP contribution in [-0.4, -0.2) is 32.2 Å². The van der Waals surface area contributed by atoms with E-state index in [-0.39, 0.29) is 16.1 Å². The molecule has 0 radical (unpaired) electrons. The van der Waals surface area contributed by atoms with E-state index in [1.165, 1.54) is 4.90 Å². The molecule has 0 aliphatic carbocycles. The maximum atomic E-state index is 12.4. The van der Waals surface area contributed by atoms with E-state index in [1.54, 1.807) is 32.1 Å². The molecule has 1 aliphatic rings. The molecule has 5 nitrogen and oxygen atoms in total. The average molecular weight is 325 g/mol. The fraction of sp³-hybridized carbons (Fsp3) is 0.357.